The molecule has 0 aliphatic carbocycles. The van der Waals surface area contributed by atoms with Crippen molar-refractivity contribution in [1.29, 1.82) is 0 Å². The zero-order chi connectivity index (χ0) is 10.9. The number of hydrogen-bond donors (Lipinski definition) is 0. The third-order valence-electron chi connectivity index (χ3n) is 1.88. The average molecular weight is 243 g/mol. The minimum absolute atomic E-state index is 0.0787. The third kappa shape index (κ3) is 2.79. The molecule has 78 valence electrons. The highest BCUT2D eigenvalue weighted by Gasteiger charge is 2.37. The predicted molar refractivity (Wildman–Crippen MR) is 50.9 cm³/mol. The number of alkyl halides is 3. The van der Waals surface area contributed by atoms with Gasteiger partial charge in [-0.25, -0.2) is 0 Å². The van der Waals surface area contributed by atoms with E-state index in [1.165, 1.54) is 18.2 Å². The molecule has 0 aliphatic heterocycles. The van der Waals surface area contributed by atoms with Crippen LogP contribution in [0.15, 0.2) is 18.2 Å². The van der Waals surface area contributed by atoms with Crippen molar-refractivity contribution in [1.82, 2.24) is 0 Å². The molecule has 0 aromatic heterocycles. The Morgan fingerprint density at radius 2 is 1.50 bits per heavy atom. The summed E-state index contributed by atoms with van der Waals surface area (Å²) in [5.41, 5.74) is 0.0787. The molecule has 0 nitrogen and oxygen atoms in total. The average Bonchev–Trinajstić information content (AvgIpc) is 1.99. The van der Waals surface area contributed by atoms with Crippen molar-refractivity contribution < 1.29 is 13.2 Å². The van der Waals surface area contributed by atoms with E-state index in [2.05, 4.69) is 0 Å². The van der Waals surface area contributed by atoms with Gasteiger partial charge in [-0.05, 0) is 30.7 Å². The molecule has 5 heteroatoms. The van der Waals surface area contributed by atoms with Crippen molar-refractivity contribution in [3.8, 4) is 0 Å². The van der Waals surface area contributed by atoms with E-state index in [1.807, 2.05) is 0 Å². The maximum Gasteiger partial charge on any atom is 0.395 e. The Labute approximate surface area is 89.6 Å². The number of hydrogen-bond acceptors (Lipinski definition) is 0. The van der Waals surface area contributed by atoms with Gasteiger partial charge in [0.1, 0.15) is 0 Å². The van der Waals surface area contributed by atoms with Gasteiger partial charge in [-0.2, -0.15) is 13.2 Å². The Balaban J connectivity index is 3.07. The minimum Gasteiger partial charge on any atom is -0.170 e. The Kier molecular flexibility index (Phi) is 3.32. The van der Waals surface area contributed by atoms with Gasteiger partial charge in [-0.1, -0.05) is 23.2 Å². The standard InChI is InChI=1S/C9H7Cl2F3/c1-5(9(12,13)14)6-2-7(10)4-8(11)3-6/h2-5H,1H3. The molecule has 0 amide bonds. The molecule has 0 saturated carbocycles. The molecule has 1 aromatic carbocycles. The second-order valence-corrected chi connectivity index (χ2v) is 3.84. The van der Waals surface area contributed by atoms with Crippen LogP contribution in [0.4, 0.5) is 13.2 Å². The van der Waals surface area contributed by atoms with E-state index in [9.17, 15) is 13.2 Å². The van der Waals surface area contributed by atoms with Crippen molar-refractivity contribution in [3.05, 3.63) is 33.8 Å². The Morgan fingerprint density at radius 1 is 1.07 bits per heavy atom. The van der Waals surface area contributed by atoms with Crippen LogP contribution in [0.3, 0.4) is 0 Å². The van der Waals surface area contributed by atoms with Gasteiger partial charge in [0.05, 0.1) is 5.92 Å². The lowest BCUT2D eigenvalue weighted by atomic mass is 10.0. The summed E-state index contributed by atoms with van der Waals surface area (Å²) in [6.45, 7) is 1.07. The highest BCUT2D eigenvalue weighted by molar-refractivity contribution is 6.34. The first-order valence-corrected chi connectivity index (χ1v) is 4.59. The summed E-state index contributed by atoms with van der Waals surface area (Å²) in [6.07, 6.45) is -4.27. The smallest absolute Gasteiger partial charge is 0.170 e. The van der Waals surface area contributed by atoms with Gasteiger partial charge in [0.25, 0.3) is 0 Å². The molecular formula is C9H7Cl2F3. The molecule has 1 rings (SSSR count). The van der Waals surface area contributed by atoms with Gasteiger partial charge in [-0.15, -0.1) is 0 Å². The molecule has 0 saturated heterocycles. The maximum atomic E-state index is 12.3. The quantitative estimate of drug-likeness (QED) is 0.672. The van der Waals surface area contributed by atoms with Crippen LogP contribution in [-0.2, 0) is 0 Å². The van der Waals surface area contributed by atoms with E-state index in [0.717, 1.165) is 6.92 Å². The highest BCUT2D eigenvalue weighted by atomic mass is 35.5. The maximum absolute atomic E-state index is 12.3. The number of rotatable bonds is 1. The van der Waals surface area contributed by atoms with Crippen LogP contribution in [0.25, 0.3) is 0 Å². The summed E-state index contributed by atoms with van der Waals surface area (Å²) in [5.74, 6) is -1.56. The van der Waals surface area contributed by atoms with Crippen LogP contribution in [0.2, 0.25) is 10.0 Å². The summed E-state index contributed by atoms with van der Waals surface area (Å²) < 4.78 is 36.9. The summed E-state index contributed by atoms with van der Waals surface area (Å²) in [7, 11) is 0. The van der Waals surface area contributed by atoms with Crippen molar-refractivity contribution >= 4 is 23.2 Å². The van der Waals surface area contributed by atoms with E-state index in [4.69, 9.17) is 23.2 Å². The first-order valence-electron chi connectivity index (χ1n) is 3.83. The van der Waals surface area contributed by atoms with E-state index in [-0.39, 0.29) is 15.6 Å². The summed E-state index contributed by atoms with van der Waals surface area (Å²) in [5, 5.41) is 0.423. The van der Waals surface area contributed by atoms with E-state index in [0.29, 0.717) is 0 Å². The fourth-order valence-electron chi connectivity index (χ4n) is 1.01. The van der Waals surface area contributed by atoms with Crippen LogP contribution >= 0.6 is 23.2 Å². The van der Waals surface area contributed by atoms with Crippen molar-refractivity contribution in [3.63, 3.8) is 0 Å². The van der Waals surface area contributed by atoms with Gasteiger partial charge in [0.2, 0.25) is 0 Å². The third-order valence-corrected chi connectivity index (χ3v) is 2.31. The fourth-order valence-corrected chi connectivity index (χ4v) is 1.56. The summed E-state index contributed by atoms with van der Waals surface area (Å²) >= 11 is 11.2. The molecule has 14 heavy (non-hydrogen) atoms. The normalized spacial score (nSPS) is 14.1. The van der Waals surface area contributed by atoms with Crippen molar-refractivity contribution in [2.75, 3.05) is 0 Å². The van der Waals surface area contributed by atoms with E-state index in [1.54, 1.807) is 0 Å². The molecule has 0 N–H and O–H groups in total. The Bertz CT molecular complexity index is 313. The molecule has 0 radical (unpaired) electrons. The molecule has 0 heterocycles. The molecule has 0 spiro atoms. The van der Waals surface area contributed by atoms with Gasteiger partial charge < -0.3 is 0 Å². The lowest BCUT2D eigenvalue weighted by Gasteiger charge is -2.16. The second-order valence-electron chi connectivity index (χ2n) is 2.97. The fraction of sp³-hybridized carbons (Fsp3) is 0.333. The summed E-state index contributed by atoms with van der Waals surface area (Å²) in [6, 6.07) is 3.94. The highest BCUT2D eigenvalue weighted by Crippen LogP contribution is 2.36. The van der Waals surface area contributed by atoms with E-state index < -0.39 is 12.1 Å². The first kappa shape index (κ1) is 11.7. The Morgan fingerprint density at radius 3 is 1.86 bits per heavy atom. The minimum atomic E-state index is -4.27. The van der Waals surface area contributed by atoms with Crippen molar-refractivity contribution in [2.24, 2.45) is 0 Å². The molecule has 1 atom stereocenters. The van der Waals surface area contributed by atoms with Gasteiger partial charge in [0, 0.05) is 10.0 Å². The van der Waals surface area contributed by atoms with Gasteiger partial charge >= 0.3 is 6.18 Å². The largest absolute Gasteiger partial charge is 0.395 e. The lowest BCUT2D eigenvalue weighted by Crippen LogP contribution is -2.17. The molecule has 1 unspecified atom stereocenters. The van der Waals surface area contributed by atoms with Crippen LogP contribution < -0.4 is 0 Å². The van der Waals surface area contributed by atoms with Gasteiger partial charge in [0.15, 0.2) is 0 Å². The molecule has 0 bridgehead atoms. The monoisotopic (exact) mass is 242 g/mol. The molecule has 0 aliphatic rings. The molecule has 0 fully saturated rings. The van der Waals surface area contributed by atoms with Crippen LogP contribution in [-0.4, -0.2) is 6.18 Å². The predicted octanol–water partition coefficient (Wildman–Crippen LogP) is 4.66. The van der Waals surface area contributed by atoms with Crippen LogP contribution in [0, 0.1) is 0 Å². The van der Waals surface area contributed by atoms with Crippen LogP contribution in [0.5, 0.6) is 0 Å². The molecular weight excluding hydrogens is 236 g/mol. The number of benzene rings is 1. The zero-order valence-electron chi connectivity index (χ0n) is 7.20. The number of halogens is 5. The molecule has 1 aromatic rings. The SMILES string of the molecule is CC(c1cc(Cl)cc(Cl)c1)C(F)(F)F. The van der Waals surface area contributed by atoms with Gasteiger partial charge in [-0.3, -0.25) is 0 Å². The van der Waals surface area contributed by atoms with Crippen molar-refractivity contribution in [2.45, 2.75) is 19.0 Å². The Hall–Kier alpha value is -0.410. The lowest BCUT2D eigenvalue weighted by molar-refractivity contribution is -0.146. The van der Waals surface area contributed by atoms with Crippen LogP contribution in [0.1, 0.15) is 18.4 Å². The topological polar surface area (TPSA) is 0 Å². The summed E-state index contributed by atoms with van der Waals surface area (Å²) in [4.78, 5) is 0. The second kappa shape index (κ2) is 3.99. The first-order chi connectivity index (χ1) is 6.30. The van der Waals surface area contributed by atoms with E-state index >= 15 is 0 Å². The zero-order valence-corrected chi connectivity index (χ0v) is 8.71.